The average molecular weight is 584 g/mol. The van der Waals surface area contributed by atoms with Crippen LogP contribution in [0.5, 0.6) is 11.5 Å². The Kier molecular flexibility index (Phi) is 7.26. The molecule has 0 fully saturated rings. The van der Waals surface area contributed by atoms with Crippen LogP contribution in [-0.4, -0.2) is 17.3 Å². The standard InChI is InChI=1S/C28H28Br2N2O2/c1-2-3-4-8-15-33-22-13-11-20(12-14-22)28-32-26(18-25(31-32)19-9-6-5-7-10-19)23-16-21(29)17-24(30)27(23)34-28/h5-7,9-14,16-17,26,28H,2-4,8,15,18H2,1H3. The molecule has 3 aromatic rings. The van der Waals surface area contributed by atoms with E-state index in [0.717, 1.165) is 62.3 Å². The zero-order valence-corrected chi connectivity index (χ0v) is 22.4. The number of hydrazone groups is 1. The van der Waals surface area contributed by atoms with Crippen molar-refractivity contribution in [2.45, 2.75) is 51.3 Å². The van der Waals surface area contributed by atoms with Crippen molar-refractivity contribution in [3.05, 3.63) is 92.4 Å². The van der Waals surface area contributed by atoms with E-state index in [1.54, 1.807) is 0 Å². The number of benzene rings is 3. The topological polar surface area (TPSA) is 34.1 Å². The van der Waals surface area contributed by atoms with Gasteiger partial charge in [0, 0.05) is 22.0 Å². The molecule has 4 nitrogen and oxygen atoms in total. The largest absolute Gasteiger partial charge is 0.494 e. The lowest BCUT2D eigenvalue weighted by Crippen LogP contribution is -2.33. The average Bonchev–Trinajstić information content (AvgIpc) is 3.31. The Hall–Kier alpha value is -2.31. The Morgan fingerprint density at radius 2 is 1.79 bits per heavy atom. The fraction of sp³-hybridized carbons (Fsp3) is 0.321. The molecule has 0 aliphatic carbocycles. The van der Waals surface area contributed by atoms with Gasteiger partial charge in [-0.2, -0.15) is 5.10 Å². The van der Waals surface area contributed by atoms with Gasteiger partial charge in [0.05, 0.1) is 22.8 Å². The van der Waals surface area contributed by atoms with E-state index < -0.39 is 0 Å². The highest BCUT2D eigenvalue weighted by Crippen LogP contribution is 2.50. The van der Waals surface area contributed by atoms with E-state index in [0.29, 0.717) is 0 Å². The predicted molar refractivity (Wildman–Crippen MR) is 143 cm³/mol. The summed E-state index contributed by atoms with van der Waals surface area (Å²) in [6.07, 6.45) is 5.32. The van der Waals surface area contributed by atoms with E-state index >= 15 is 0 Å². The first-order chi connectivity index (χ1) is 16.6. The summed E-state index contributed by atoms with van der Waals surface area (Å²) in [5.74, 6) is 1.78. The van der Waals surface area contributed by atoms with Gasteiger partial charge in [-0.1, -0.05) is 72.4 Å². The fourth-order valence-electron chi connectivity index (χ4n) is 4.59. The van der Waals surface area contributed by atoms with Crippen LogP contribution in [0, 0.1) is 0 Å². The van der Waals surface area contributed by atoms with Crippen molar-refractivity contribution in [1.82, 2.24) is 5.01 Å². The van der Waals surface area contributed by atoms with Crippen LogP contribution in [0.3, 0.4) is 0 Å². The summed E-state index contributed by atoms with van der Waals surface area (Å²) in [6.45, 7) is 2.98. The van der Waals surface area contributed by atoms with Crippen molar-refractivity contribution in [2.24, 2.45) is 5.10 Å². The van der Waals surface area contributed by atoms with E-state index in [2.05, 4.69) is 86.3 Å². The van der Waals surface area contributed by atoms with Gasteiger partial charge in [-0.25, -0.2) is 5.01 Å². The van der Waals surface area contributed by atoms with E-state index in [4.69, 9.17) is 14.6 Å². The summed E-state index contributed by atoms with van der Waals surface area (Å²) < 4.78 is 14.5. The molecule has 34 heavy (non-hydrogen) atoms. The van der Waals surface area contributed by atoms with Crippen molar-refractivity contribution in [1.29, 1.82) is 0 Å². The number of hydrogen-bond acceptors (Lipinski definition) is 4. The molecule has 3 aromatic carbocycles. The lowest BCUT2D eigenvalue weighted by Gasteiger charge is -2.38. The first-order valence-electron chi connectivity index (χ1n) is 11.9. The highest BCUT2D eigenvalue weighted by molar-refractivity contribution is 9.11. The van der Waals surface area contributed by atoms with E-state index in [1.807, 2.05) is 24.3 Å². The third-order valence-corrected chi connectivity index (χ3v) is 7.39. The molecular weight excluding hydrogens is 556 g/mol. The Morgan fingerprint density at radius 3 is 2.56 bits per heavy atom. The number of rotatable bonds is 8. The van der Waals surface area contributed by atoms with Crippen LogP contribution < -0.4 is 9.47 Å². The molecule has 2 heterocycles. The lowest BCUT2D eigenvalue weighted by atomic mass is 9.96. The lowest BCUT2D eigenvalue weighted by molar-refractivity contribution is -0.0197. The second-order valence-electron chi connectivity index (χ2n) is 8.77. The van der Waals surface area contributed by atoms with Crippen molar-refractivity contribution in [3.63, 3.8) is 0 Å². The van der Waals surface area contributed by atoms with Crippen LogP contribution in [0.2, 0.25) is 0 Å². The van der Waals surface area contributed by atoms with Crippen LogP contribution in [0.25, 0.3) is 0 Å². The molecule has 0 amide bonds. The maximum Gasteiger partial charge on any atom is 0.213 e. The van der Waals surface area contributed by atoms with Gasteiger partial charge in [0.15, 0.2) is 0 Å². The number of hydrogen-bond donors (Lipinski definition) is 0. The highest BCUT2D eigenvalue weighted by Gasteiger charge is 2.41. The van der Waals surface area contributed by atoms with Gasteiger partial charge in [0.1, 0.15) is 11.5 Å². The number of fused-ring (bicyclic) bond motifs is 3. The molecule has 0 saturated heterocycles. The Balaban J connectivity index is 1.42. The Bertz CT molecular complexity index is 1170. The van der Waals surface area contributed by atoms with E-state index in [-0.39, 0.29) is 12.3 Å². The van der Waals surface area contributed by atoms with Gasteiger partial charge in [0.25, 0.3) is 0 Å². The van der Waals surface area contributed by atoms with Gasteiger partial charge in [-0.3, -0.25) is 0 Å². The molecule has 0 bridgehead atoms. The molecule has 2 atom stereocenters. The third-order valence-electron chi connectivity index (χ3n) is 6.35. The van der Waals surface area contributed by atoms with Gasteiger partial charge in [-0.05, 0) is 64.3 Å². The van der Waals surface area contributed by atoms with Crippen LogP contribution in [0.4, 0.5) is 0 Å². The molecule has 5 rings (SSSR count). The third kappa shape index (κ3) is 4.89. The smallest absolute Gasteiger partial charge is 0.213 e. The minimum atomic E-state index is -0.310. The second kappa shape index (κ2) is 10.5. The monoisotopic (exact) mass is 582 g/mol. The fourth-order valence-corrected chi connectivity index (χ4v) is 5.94. The quantitative estimate of drug-likeness (QED) is 0.250. The molecule has 2 unspecified atom stereocenters. The van der Waals surface area contributed by atoms with Gasteiger partial charge in [0.2, 0.25) is 6.23 Å². The molecule has 2 aliphatic heterocycles. The number of unbranched alkanes of at least 4 members (excludes halogenated alkanes) is 3. The summed E-state index contributed by atoms with van der Waals surface area (Å²) in [7, 11) is 0. The molecule has 0 radical (unpaired) electrons. The van der Waals surface area contributed by atoms with Gasteiger partial charge < -0.3 is 9.47 Å². The summed E-state index contributed by atoms with van der Waals surface area (Å²) in [5.41, 5.74) is 4.43. The van der Waals surface area contributed by atoms with E-state index in [1.165, 1.54) is 19.3 Å². The van der Waals surface area contributed by atoms with Crippen LogP contribution in [0.15, 0.2) is 80.8 Å². The molecule has 0 N–H and O–H groups in total. The Labute approximate surface area is 218 Å². The van der Waals surface area contributed by atoms with Crippen LogP contribution in [-0.2, 0) is 0 Å². The molecule has 176 valence electrons. The molecule has 0 saturated carbocycles. The maximum atomic E-state index is 6.58. The Morgan fingerprint density at radius 1 is 1.00 bits per heavy atom. The maximum absolute atomic E-state index is 6.58. The zero-order valence-electron chi connectivity index (χ0n) is 19.2. The SMILES string of the molecule is CCCCCCOc1ccc(C2Oc3c(Br)cc(Br)cc3C3CC(c4ccccc4)=NN32)cc1. The van der Waals surface area contributed by atoms with Crippen molar-refractivity contribution in [3.8, 4) is 11.5 Å². The molecular formula is C28H28Br2N2O2. The second-order valence-corrected chi connectivity index (χ2v) is 10.5. The van der Waals surface area contributed by atoms with Crippen LogP contribution in [0.1, 0.15) is 68.0 Å². The summed E-state index contributed by atoms with van der Waals surface area (Å²) >= 11 is 7.36. The summed E-state index contributed by atoms with van der Waals surface area (Å²) in [4.78, 5) is 0. The number of nitrogens with zero attached hydrogens (tertiary/aromatic N) is 2. The molecule has 0 aromatic heterocycles. The molecule has 6 heteroatoms. The van der Waals surface area contributed by atoms with Crippen molar-refractivity contribution < 1.29 is 9.47 Å². The highest BCUT2D eigenvalue weighted by atomic mass is 79.9. The molecule has 0 spiro atoms. The van der Waals surface area contributed by atoms with Crippen molar-refractivity contribution in [2.75, 3.05) is 6.61 Å². The zero-order chi connectivity index (χ0) is 23.5. The van der Waals surface area contributed by atoms with Gasteiger partial charge in [-0.15, -0.1) is 0 Å². The first kappa shape index (κ1) is 23.4. The first-order valence-corrected chi connectivity index (χ1v) is 13.5. The normalized spacial score (nSPS) is 18.7. The van der Waals surface area contributed by atoms with Gasteiger partial charge >= 0.3 is 0 Å². The predicted octanol–water partition coefficient (Wildman–Crippen LogP) is 8.41. The van der Waals surface area contributed by atoms with Crippen molar-refractivity contribution >= 4 is 37.6 Å². The minimum Gasteiger partial charge on any atom is -0.494 e. The minimum absolute atomic E-state index is 0.104. The summed E-state index contributed by atoms with van der Waals surface area (Å²) in [6, 6.07) is 23.0. The number of ether oxygens (including phenoxy) is 2. The van der Waals surface area contributed by atoms with Crippen LogP contribution >= 0.6 is 31.9 Å². The van der Waals surface area contributed by atoms with E-state index in [9.17, 15) is 0 Å². The summed E-state index contributed by atoms with van der Waals surface area (Å²) in [5, 5.41) is 7.18. The molecule has 2 aliphatic rings. The number of halogens is 2.